The lowest BCUT2D eigenvalue weighted by molar-refractivity contribution is 0.601. The Morgan fingerprint density at radius 2 is 2.22 bits per heavy atom. The summed E-state index contributed by atoms with van der Waals surface area (Å²) in [6.45, 7) is 2.27. The standard InChI is InChI=1S/C10H12N4O3S/c1-2-14-7-8(3-4-10(14)15)13-18(16,17)9-5-11-12-6-9/h3-7,13H,2H2,1H3,(H,11,12). The maximum atomic E-state index is 11.9. The molecule has 0 atom stereocenters. The number of pyridine rings is 1. The van der Waals surface area contributed by atoms with Crippen molar-refractivity contribution in [2.75, 3.05) is 4.72 Å². The van der Waals surface area contributed by atoms with Crippen molar-refractivity contribution in [2.24, 2.45) is 0 Å². The summed E-state index contributed by atoms with van der Waals surface area (Å²) in [4.78, 5) is 11.4. The molecule has 0 aliphatic carbocycles. The number of aryl methyl sites for hydroxylation is 1. The Morgan fingerprint density at radius 3 is 2.83 bits per heavy atom. The van der Waals surface area contributed by atoms with Gasteiger partial charge in [0.1, 0.15) is 4.90 Å². The van der Waals surface area contributed by atoms with Gasteiger partial charge in [0.2, 0.25) is 0 Å². The highest BCUT2D eigenvalue weighted by Gasteiger charge is 2.15. The van der Waals surface area contributed by atoms with Crippen LogP contribution in [0.5, 0.6) is 0 Å². The maximum Gasteiger partial charge on any atom is 0.265 e. The molecule has 2 heterocycles. The van der Waals surface area contributed by atoms with Gasteiger partial charge in [-0.05, 0) is 13.0 Å². The van der Waals surface area contributed by atoms with Crippen LogP contribution >= 0.6 is 0 Å². The molecule has 2 rings (SSSR count). The fourth-order valence-corrected chi connectivity index (χ4v) is 2.39. The van der Waals surface area contributed by atoms with Crippen LogP contribution in [0.4, 0.5) is 5.69 Å². The molecule has 0 radical (unpaired) electrons. The van der Waals surface area contributed by atoms with E-state index in [1.54, 1.807) is 6.92 Å². The quantitative estimate of drug-likeness (QED) is 0.838. The Balaban J connectivity index is 2.33. The third-order valence-corrected chi connectivity index (χ3v) is 3.71. The lowest BCUT2D eigenvalue weighted by atomic mass is 10.4. The van der Waals surface area contributed by atoms with Crippen molar-refractivity contribution in [3.05, 3.63) is 41.1 Å². The maximum absolute atomic E-state index is 11.9. The minimum Gasteiger partial charge on any atom is -0.314 e. The van der Waals surface area contributed by atoms with Crippen LogP contribution in [0, 0.1) is 0 Å². The van der Waals surface area contributed by atoms with Crippen molar-refractivity contribution in [1.29, 1.82) is 0 Å². The van der Waals surface area contributed by atoms with E-state index in [-0.39, 0.29) is 10.5 Å². The van der Waals surface area contributed by atoms with Gasteiger partial charge in [-0.3, -0.25) is 14.6 Å². The van der Waals surface area contributed by atoms with Crippen LogP contribution in [0.25, 0.3) is 0 Å². The number of anilines is 1. The molecular formula is C10H12N4O3S. The van der Waals surface area contributed by atoms with E-state index in [1.165, 1.54) is 35.3 Å². The molecule has 2 N–H and O–H groups in total. The lowest BCUT2D eigenvalue weighted by Gasteiger charge is -2.08. The average Bonchev–Trinajstić information content (AvgIpc) is 2.85. The minimum absolute atomic E-state index is 0.0387. The number of nitrogens with one attached hydrogen (secondary N) is 2. The molecule has 0 bridgehead atoms. The largest absolute Gasteiger partial charge is 0.314 e. The van der Waals surface area contributed by atoms with Gasteiger partial charge >= 0.3 is 0 Å². The highest BCUT2D eigenvalue weighted by molar-refractivity contribution is 7.92. The number of hydrogen-bond donors (Lipinski definition) is 2. The Bertz CT molecular complexity index is 688. The van der Waals surface area contributed by atoms with Gasteiger partial charge in [-0.2, -0.15) is 5.10 Å². The predicted octanol–water partition coefficient (Wildman–Crippen LogP) is 0.392. The molecule has 0 amide bonds. The second-order valence-corrected chi connectivity index (χ2v) is 5.26. The lowest BCUT2D eigenvalue weighted by Crippen LogP contribution is -2.19. The van der Waals surface area contributed by atoms with Crippen LogP contribution in [0.3, 0.4) is 0 Å². The molecule has 2 aromatic heterocycles. The smallest absolute Gasteiger partial charge is 0.265 e. The molecule has 0 saturated carbocycles. The highest BCUT2D eigenvalue weighted by Crippen LogP contribution is 2.12. The van der Waals surface area contributed by atoms with Gasteiger partial charge in [0.15, 0.2) is 0 Å². The first-order chi connectivity index (χ1) is 8.53. The van der Waals surface area contributed by atoms with Gasteiger partial charge in [-0.1, -0.05) is 0 Å². The van der Waals surface area contributed by atoms with Crippen molar-refractivity contribution in [3.8, 4) is 0 Å². The first kappa shape index (κ1) is 12.4. The zero-order valence-corrected chi connectivity index (χ0v) is 10.4. The monoisotopic (exact) mass is 268 g/mol. The molecule has 0 fully saturated rings. The van der Waals surface area contributed by atoms with Gasteiger partial charge < -0.3 is 4.57 Å². The number of sulfonamides is 1. The minimum atomic E-state index is -3.67. The van der Waals surface area contributed by atoms with E-state index in [9.17, 15) is 13.2 Å². The van der Waals surface area contributed by atoms with Crippen molar-refractivity contribution < 1.29 is 8.42 Å². The van der Waals surface area contributed by atoms with Gasteiger partial charge in [0.25, 0.3) is 15.6 Å². The van der Waals surface area contributed by atoms with Gasteiger partial charge in [-0.25, -0.2) is 8.42 Å². The van der Waals surface area contributed by atoms with E-state index in [0.717, 1.165) is 0 Å². The molecular weight excluding hydrogens is 256 g/mol. The number of hydrogen-bond acceptors (Lipinski definition) is 4. The molecule has 8 heteroatoms. The zero-order valence-electron chi connectivity index (χ0n) is 9.62. The van der Waals surface area contributed by atoms with Crippen LogP contribution in [0.15, 0.2) is 40.4 Å². The van der Waals surface area contributed by atoms with Gasteiger partial charge in [0, 0.05) is 25.0 Å². The SMILES string of the molecule is CCn1cc(NS(=O)(=O)c2cn[nH]c2)ccc1=O. The summed E-state index contributed by atoms with van der Waals surface area (Å²) in [7, 11) is -3.67. The van der Waals surface area contributed by atoms with Gasteiger partial charge in [-0.15, -0.1) is 0 Å². The van der Waals surface area contributed by atoms with E-state index in [2.05, 4.69) is 14.9 Å². The molecule has 0 spiro atoms. The van der Waals surface area contributed by atoms with Crippen LogP contribution < -0.4 is 10.3 Å². The van der Waals surface area contributed by atoms with Gasteiger partial charge in [0.05, 0.1) is 11.9 Å². The topological polar surface area (TPSA) is 96.8 Å². The Hall–Kier alpha value is -2.09. The number of aromatic amines is 1. The average molecular weight is 268 g/mol. The summed E-state index contributed by atoms with van der Waals surface area (Å²) in [5.74, 6) is 0. The Labute approximate surface area is 104 Å². The van der Waals surface area contributed by atoms with E-state index in [1.807, 2.05) is 0 Å². The molecule has 0 saturated heterocycles. The van der Waals surface area contributed by atoms with E-state index < -0.39 is 10.0 Å². The van der Waals surface area contributed by atoms with Crippen LogP contribution in [0.2, 0.25) is 0 Å². The summed E-state index contributed by atoms with van der Waals surface area (Å²) in [6, 6.07) is 2.74. The molecule has 7 nitrogen and oxygen atoms in total. The summed E-state index contributed by atoms with van der Waals surface area (Å²) in [5.41, 5.74) is 0.154. The van der Waals surface area contributed by atoms with Crippen LogP contribution in [-0.4, -0.2) is 23.2 Å². The Kier molecular flexibility index (Phi) is 3.19. The number of aromatic nitrogens is 3. The summed E-state index contributed by atoms with van der Waals surface area (Å²) >= 11 is 0. The predicted molar refractivity (Wildman–Crippen MR) is 65.8 cm³/mol. The zero-order chi connectivity index (χ0) is 13.2. The van der Waals surface area contributed by atoms with Crippen LogP contribution in [-0.2, 0) is 16.6 Å². The fraction of sp³-hybridized carbons (Fsp3) is 0.200. The summed E-state index contributed by atoms with van der Waals surface area (Å²) < 4.78 is 27.6. The normalized spacial score (nSPS) is 11.4. The molecule has 0 unspecified atom stereocenters. The van der Waals surface area contributed by atoms with Crippen molar-refractivity contribution in [1.82, 2.24) is 14.8 Å². The second-order valence-electron chi connectivity index (χ2n) is 3.58. The first-order valence-electron chi connectivity index (χ1n) is 5.25. The molecule has 0 aliphatic heterocycles. The Morgan fingerprint density at radius 1 is 1.44 bits per heavy atom. The van der Waals surface area contributed by atoms with Crippen molar-refractivity contribution >= 4 is 15.7 Å². The van der Waals surface area contributed by atoms with Crippen LogP contribution in [0.1, 0.15) is 6.92 Å². The first-order valence-corrected chi connectivity index (χ1v) is 6.73. The molecule has 0 aromatic carbocycles. The van der Waals surface area contributed by atoms with Crippen molar-refractivity contribution in [2.45, 2.75) is 18.4 Å². The third kappa shape index (κ3) is 2.43. The van der Waals surface area contributed by atoms with E-state index in [0.29, 0.717) is 12.2 Å². The molecule has 2 aromatic rings. The number of nitrogens with zero attached hydrogens (tertiary/aromatic N) is 2. The summed E-state index contributed by atoms with van der Waals surface area (Å²) in [5, 5.41) is 6.01. The molecule has 18 heavy (non-hydrogen) atoms. The summed E-state index contributed by atoms with van der Waals surface area (Å²) in [6.07, 6.45) is 3.94. The molecule has 96 valence electrons. The number of rotatable bonds is 4. The fourth-order valence-electron chi connectivity index (χ4n) is 1.44. The van der Waals surface area contributed by atoms with E-state index in [4.69, 9.17) is 0 Å². The van der Waals surface area contributed by atoms with E-state index >= 15 is 0 Å². The highest BCUT2D eigenvalue weighted by atomic mass is 32.2. The second kappa shape index (κ2) is 4.65. The molecule has 0 aliphatic rings. The van der Waals surface area contributed by atoms with Crippen molar-refractivity contribution in [3.63, 3.8) is 0 Å². The third-order valence-electron chi connectivity index (χ3n) is 2.36. The number of H-pyrrole nitrogens is 1.